The van der Waals surface area contributed by atoms with Crippen LogP contribution >= 0.6 is 35.1 Å². The second-order valence-electron chi connectivity index (χ2n) is 7.80. The number of nitrogens with zero attached hydrogens (tertiary/aromatic N) is 4. The van der Waals surface area contributed by atoms with Gasteiger partial charge in [-0.25, -0.2) is 9.97 Å². The summed E-state index contributed by atoms with van der Waals surface area (Å²) in [4.78, 5) is 8.58. The number of hydrogen-bond acceptors (Lipinski definition) is 6. The number of imidazole rings is 2. The van der Waals surface area contributed by atoms with E-state index in [1.165, 1.54) is 0 Å². The van der Waals surface area contributed by atoms with E-state index in [0.717, 1.165) is 17.0 Å². The Labute approximate surface area is 211 Å². The van der Waals surface area contributed by atoms with Crippen LogP contribution in [0.3, 0.4) is 0 Å². The van der Waals surface area contributed by atoms with Gasteiger partial charge in [0.25, 0.3) is 0 Å². The first kappa shape index (κ1) is 23.3. The van der Waals surface area contributed by atoms with Crippen molar-refractivity contribution in [2.75, 3.05) is 19.5 Å². The molecule has 0 saturated carbocycles. The van der Waals surface area contributed by atoms with Gasteiger partial charge in [0.1, 0.15) is 24.8 Å². The maximum Gasteiger partial charge on any atom is 0.215 e. The van der Waals surface area contributed by atoms with Crippen LogP contribution in [0.2, 0.25) is 10.0 Å². The molecular weight excluding hydrogens is 495 g/mol. The lowest BCUT2D eigenvalue weighted by Crippen LogP contribution is -2.34. The van der Waals surface area contributed by atoms with E-state index in [9.17, 15) is 0 Å². The van der Waals surface area contributed by atoms with E-state index in [0.29, 0.717) is 35.4 Å². The fourth-order valence-corrected chi connectivity index (χ4v) is 4.76. The number of halogens is 2. The zero-order valence-electron chi connectivity index (χ0n) is 18.3. The molecule has 2 atom stereocenters. The van der Waals surface area contributed by atoms with Crippen molar-refractivity contribution < 1.29 is 14.2 Å². The van der Waals surface area contributed by atoms with E-state index in [2.05, 4.69) is 9.97 Å². The Balaban J connectivity index is 1.32. The highest BCUT2D eigenvalue weighted by molar-refractivity contribution is 7.97. The van der Waals surface area contributed by atoms with Crippen LogP contribution in [0.5, 0.6) is 5.75 Å². The highest BCUT2D eigenvalue weighted by atomic mass is 35.5. The summed E-state index contributed by atoms with van der Waals surface area (Å²) in [5.74, 6) is -0.348. The van der Waals surface area contributed by atoms with E-state index in [4.69, 9.17) is 37.4 Å². The molecule has 34 heavy (non-hydrogen) atoms. The molecule has 2 unspecified atom stereocenters. The first-order valence-corrected chi connectivity index (χ1v) is 12.5. The van der Waals surface area contributed by atoms with Crippen LogP contribution in [0.25, 0.3) is 11.3 Å². The van der Waals surface area contributed by atoms with Gasteiger partial charge in [0.2, 0.25) is 5.79 Å². The van der Waals surface area contributed by atoms with Gasteiger partial charge >= 0.3 is 0 Å². The van der Waals surface area contributed by atoms with Crippen molar-refractivity contribution in [2.24, 2.45) is 0 Å². The molecule has 3 heterocycles. The molecule has 0 N–H and O–H groups in total. The molecule has 1 fully saturated rings. The molecule has 1 aliphatic rings. The standard InChI is InChI=1S/C24H22Cl2N4O3S/c1-34-30-11-23(28-16-30)17-3-2-4-19(9-17)31-12-20-13-32-24(33-20,14-29-8-7-27-15-29)21-6-5-18(25)10-22(21)26/h2-11,15-16,20H,12-14H2,1H3. The fraction of sp³-hybridized carbons (Fsp3) is 0.250. The van der Waals surface area contributed by atoms with Crippen LogP contribution in [0.15, 0.2) is 73.7 Å². The molecule has 0 amide bonds. The first-order valence-electron chi connectivity index (χ1n) is 10.6. The molecule has 0 spiro atoms. The Morgan fingerprint density at radius 3 is 2.88 bits per heavy atom. The maximum absolute atomic E-state index is 6.54. The monoisotopic (exact) mass is 516 g/mol. The Morgan fingerprint density at radius 1 is 1.21 bits per heavy atom. The summed E-state index contributed by atoms with van der Waals surface area (Å²) in [6.45, 7) is 1.06. The lowest BCUT2D eigenvalue weighted by molar-refractivity contribution is -0.189. The molecule has 0 radical (unpaired) electrons. The summed E-state index contributed by atoms with van der Waals surface area (Å²) in [5, 5.41) is 1.03. The van der Waals surface area contributed by atoms with E-state index < -0.39 is 5.79 Å². The quantitative estimate of drug-likeness (QED) is 0.307. The molecular formula is C24H22Cl2N4O3S. The molecule has 2 aromatic heterocycles. The maximum atomic E-state index is 6.54. The van der Waals surface area contributed by atoms with Gasteiger partial charge in [0, 0.05) is 41.0 Å². The summed E-state index contributed by atoms with van der Waals surface area (Å²) in [5.41, 5.74) is 2.58. The Morgan fingerprint density at radius 2 is 2.12 bits per heavy atom. The third-order valence-electron chi connectivity index (χ3n) is 5.49. The Hall–Kier alpha value is -2.49. The third-order valence-corrected chi connectivity index (χ3v) is 6.66. The van der Waals surface area contributed by atoms with Crippen molar-refractivity contribution >= 4 is 35.1 Å². The molecule has 0 aliphatic carbocycles. The van der Waals surface area contributed by atoms with Gasteiger partial charge in [-0.15, -0.1) is 0 Å². The minimum atomic E-state index is -1.08. The van der Waals surface area contributed by atoms with Gasteiger partial charge in [0.15, 0.2) is 0 Å². The smallest absolute Gasteiger partial charge is 0.215 e. The van der Waals surface area contributed by atoms with E-state index in [1.807, 2.05) is 57.5 Å². The molecule has 1 saturated heterocycles. The lowest BCUT2D eigenvalue weighted by atomic mass is 10.1. The fourth-order valence-electron chi connectivity index (χ4n) is 3.86. The van der Waals surface area contributed by atoms with Crippen LogP contribution in [0.1, 0.15) is 5.56 Å². The highest BCUT2D eigenvalue weighted by Crippen LogP contribution is 2.40. The largest absolute Gasteiger partial charge is 0.491 e. The molecule has 5 rings (SSSR count). The minimum absolute atomic E-state index is 0.297. The second-order valence-corrected chi connectivity index (χ2v) is 9.43. The number of ether oxygens (including phenoxy) is 3. The summed E-state index contributed by atoms with van der Waals surface area (Å²) in [6.07, 6.45) is 10.8. The van der Waals surface area contributed by atoms with E-state index >= 15 is 0 Å². The van der Waals surface area contributed by atoms with Gasteiger partial charge in [-0.3, -0.25) is 3.97 Å². The number of hydrogen-bond donors (Lipinski definition) is 0. The summed E-state index contributed by atoms with van der Waals surface area (Å²) < 4.78 is 22.6. The lowest BCUT2D eigenvalue weighted by Gasteiger charge is -2.30. The molecule has 7 nitrogen and oxygen atoms in total. The van der Waals surface area contributed by atoms with Crippen LogP contribution in [0.4, 0.5) is 0 Å². The number of benzene rings is 2. The molecule has 4 aromatic rings. The van der Waals surface area contributed by atoms with Gasteiger partial charge in [0.05, 0.1) is 30.2 Å². The van der Waals surface area contributed by atoms with Crippen molar-refractivity contribution in [1.82, 2.24) is 18.5 Å². The second kappa shape index (κ2) is 10.0. The zero-order valence-corrected chi connectivity index (χ0v) is 20.6. The van der Waals surface area contributed by atoms with Crippen molar-refractivity contribution in [2.45, 2.75) is 18.4 Å². The van der Waals surface area contributed by atoms with Crippen molar-refractivity contribution in [3.05, 3.63) is 89.3 Å². The first-order chi connectivity index (χ1) is 16.5. The molecule has 2 aromatic carbocycles. The Bertz CT molecular complexity index is 1270. The van der Waals surface area contributed by atoms with E-state index in [1.54, 1.807) is 42.9 Å². The highest BCUT2D eigenvalue weighted by Gasteiger charge is 2.45. The molecule has 0 bridgehead atoms. The zero-order chi connectivity index (χ0) is 23.5. The SMILES string of the molecule is CSn1cnc(-c2cccc(OCC3COC(Cn4ccnc4)(c4ccc(Cl)cc4Cl)O3)c2)c1. The van der Waals surface area contributed by atoms with Crippen LogP contribution in [0, 0.1) is 0 Å². The number of rotatable bonds is 8. The van der Waals surface area contributed by atoms with Gasteiger partial charge in [-0.2, -0.15) is 0 Å². The van der Waals surface area contributed by atoms with Crippen LogP contribution < -0.4 is 4.74 Å². The topological polar surface area (TPSA) is 63.3 Å². The van der Waals surface area contributed by atoms with Crippen molar-refractivity contribution in [3.8, 4) is 17.0 Å². The van der Waals surface area contributed by atoms with Gasteiger partial charge in [-0.1, -0.05) is 41.4 Å². The third kappa shape index (κ3) is 4.96. The number of aromatic nitrogens is 4. The van der Waals surface area contributed by atoms with Crippen molar-refractivity contribution in [3.63, 3.8) is 0 Å². The predicted octanol–water partition coefficient (Wildman–Crippen LogP) is 5.53. The Kier molecular flexibility index (Phi) is 6.85. The van der Waals surface area contributed by atoms with Gasteiger partial charge < -0.3 is 18.8 Å². The van der Waals surface area contributed by atoms with Crippen LogP contribution in [-0.4, -0.2) is 44.1 Å². The summed E-state index contributed by atoms with van der Waals surface area (Å²) in [6, 6.07) is 13.1. The van der Waals surface area contributed by atoms with Gasteiger partial charge in [-0.05, 0) is 36.2 Å². The minimum Gasteiger partial charge on any atom is -0.491 e. The van der Waals surface area contributed by atoms with Crippen molar-refractivity contribution in [1.29, 1.82) is 0 Å². The predicted molar refractivity (Wildman–Crippen MR) is 133 cm³/mol. The average molecular weight is 517 g/mol. The average Bonchev–Trinajstić information content (AvgIpc) is 3.60. The molecule has 176 valence electrons. The summed E-state index contributed by atoms with van der Waals surface area (Å²) in [7, 11) is 0. The van der Waals surface area contributed by atoms with E-state index in [-0.39, 0.29) is 6.10 Å². The molecule has 10 heteroatoms. The normalized spacial score (nSPS) is 20.0. The van der Waals surface area contributed by atoms with Crippen LogP contribution in [-0.2, 0) is 21.8 Å². The summed E-state index contributed by atoms with van der Waals surface area (Å²) >= 11 is 14.2. The molecule has 1 aliphatic heterocycles.